The van der Waals surface area contributed by atoms with Gasteiger partial charge in [0, 0.05) is 30.5 Å². The number of nitrogens with one attached hydrogen (secondary N) is 1. The van der Waals surface area contributed by atoms with Crippen LogP contribution in [0.3, 0.4) is 0 Å². The highest BCUT2D eigenvalue weighted by Gasteiger charge is 2.13. The van der Waals surface area contributed by atoms with Gasteiger partial charge in [0.15, 0.2) is 0 Å². The molecule has 6 heteroatoms. The van der Waals surface area contributed by atoms with Gasteiger partial charge >= 0.3 is 0 Å². The molecule has 1 aromatic heterocycles. The van der Waals surface area contributed by atoms with Crippen LogP contribution < -0.4 is 10.1 Å². The van der Waals surface area contributed by atoms with Crippen LogP contribution >= 0.6 is 11.6 Å². The highest BCUT2D eigenvalue weighted by Crippen LogP contribution is 2.30. The summed E-state index contributed by atoms with van der Waals surface area (Å²) < 4.78 is 11.5. The van der Waals surface area contributed by atoms with Crippen molar-refractivity contribution in [3.63, 3.8) is 0 Å². The van der Waals surface area contributed by atoms with E-state index in [9.17, 15) is 4.79 Å². The number of halogens is 1. The molecular formula is C25H27ClN2O3. The molecule has 1 atom stereocenters. The van der Waals surface area contributed by atoms with Gasteiger partial charge in [0.1, 0.15) is 11.5 Å². The van der Waals surface area contributed by atoms with Crippen molar-refractivity contribution in [3.8, 4) is 11.5 Å². The summed E-state index contributed by atoms with van der Waals surface area (Å²) in [6.45, 7) is 6.69. The summed E-state index contributed by atoms with van der Waals surface area (Å²) in [5.41, 5.74) is 2.75. The van der Waals surface area contributed by atoms with E-state index in [2.05, 4.69) is 17.2 Å². The van der Waals surface area contributed by atoms with Crippen molar-refractivity contribution >= 4 is 23.2 Å². The zero-order chi connectivity index (χ0) is 22.2. The molecule has 0 saturated heterocycles. The zero-order valence-electron chi connectivity index (χ0n) is 18.0. The number of aromatic nitrogens is 1. The van der Waals surface area contributed by atoms with Crippen LogP contribution in [-0.4, -0.2) is 23.6 Å². The molecule has 3 rings (SSSR count). The summed E-state index contributed by atoms with van der Waals surface area (Å²) in [6.07, 6.45) is 1.79. The number of rotatable bonds is 9. The van der Waals surface area contributed by atoms with Crippen molar-refractivity contribution in [2.45, 2.75) is 39.7 Å². The van der Waals surface area contributed by atoms with E-state index in [1.54, 1.807) is 24.3 Å². The molecule has 5 nitrogen and oxygen atoms in total. The zero-order valence-corrected chi connectivity index (χ0v) is 18.8. The first-order chi connectivity index (χ1) is 15.0. The second kappa shape index (κ2) is 10.9. The Bertz CT molecular complexity index is 1040. The van der Waals surface area contributed by atoms with Crippen LogP contribution in [0.25, 0.3) is 0 Å². The Morgan fingerprint density at radius 2 is 1.94 bits per heavy atom. The first-order valence-electron chi connectivity index (χ1n) is 10.4. The van der Waals surface area contributed by atoms with Crippen LogP contribution in [0.2, 0.25) is 5.02 Å². The van der Waals surface area contributed by atoms with Crippen LogP contribution in [0.1, 0.15) is 42.0 Å². The lowest BCUT2D eigenvalue weighted by atomic mass is 10.1. The van der Waals surface area contributed by atoms with Gasteiger partial charge in [-0.15, -0.1) is 0 Å². The number of para-hydroxylation sites is 1. The first-order valence-corrected chi connectivity index (χ1v) is 10.8. The summed E-state index contributed by atoms with van der Waals surface area (Å²) in [7, 11) is 0. The first kappa shape index (κ1) is 22.8. The largest absolute Gasteiger partial charge is 0.456 e. The van der Waals surface area contributed by atoms with Gasteiger partial charge in [0.2, 0.25) is 0 Å². The van der Waals surface area contributed by atoms with Crippen molar-refractivity contribution in [2.24, 2.45) is 0 Å². The molecule has 0 radical (unpaired) electrons. The number of ether oxygens (including phenoxy) is 2. The average Bonchev–Trinajstić information content (AvgIpc) is 2.74. The molecule has 0 saturated carbocycles. The van der Waals surface area contributed by atoms with Crippen molar-refractivity contribution in [1.82, 2.24) is 4.98 Å². The molecule has 31 heavy (non-hydrogen) atoms. The maximum absolute atomic E-state index is 12.8. The minimum absolute atomic E-state index is 0.0902. The predicted octanol–water partition coefficient (Wildman–Crippen LogP) is 6.45. The fourth-order valence-corrected chi connectivity index (χ4v) is 3.30. The Morgan fingerprint density at radius 1 is 1.13 bits per heavy atom. The van der Waals surface area contributed by atoms with Crippen molar-refractivity contribution in [3.05, 3.63) is 82.6 Å². The maximum atomic E-state index is 12.8. The lowest BCUT2D eigenvalue weighted by Gasteiger charge is -2.14. The van der Waals surface area contributed by atoms with Gasteiger partial charge in [0.05, 0.1) is 22.4 Å². The SMILES string of the molecule is CCCOC(C)Cc1ccc(C(=O)Nc2cccc(Oc3ccccc3Cl)c2)c(C)n1. The molecule has 162 valence electrons. The van der Waals surface area contributed by atoms with E-state index < -0.39 is 0 Å². The molecule has 0 fully saturated rings. The van der Waals surface area contributed by atoms with Crippen molar-refractivity contribution in [2.75, 3.05) is 11.9 Å². The van der Waals surface area contributed by atoms with Gasteiger partial charge in [-0.25, -0.2) is 0 Å². The third-order valence-electron chi connectivity index (χ3n) is 4.65. The summed E-state index contributed by atoms with van der Waals surface area (Å²) in [5.74, 6) is 0.916. The maximum Gasteiger partial charge on any atom is 0.257 e. The lowest BCUT2D eigenvalue weighted by molar-refractivity contribution is 0.0663. The minimum Gasteiger partial charge on any atom is -0.456 e. The van der Waals surface area contributed by atoms with Crippen LogP contribution in [0.4, 0.5) is 5.69 Å². The smallest absolute Gasteiger partial charge is 0.257 e. The number of carbonyl (C=O) groups is 1. The topological polar surface area (TPSA) is 60.5 Å². The monoisotopic (exact) mass is 438 g/mol. The second-order valence-electron chi connectivity index (χ2n) is 7.34. The number of pyridine rings is 1. The predicted molar refractivity (Wildman–Crippen MR) is 124 cm³/mol. The Labute approximate surface area is 188 Å². The Kier molecular flexibility index (Phi) is 8.04. The number of aryl methyl sites for hydroxylation is 1. The number of amides is 1. The number of carbonyl (C=O) groups excluding carboxylic acids is 1. The fourth-order valence-electron chi connectivity index (χ4n) is 3.13. The van der Waals surface area contributed by atoms with E-state index >= 15 is 0 Å². The summed E-state index contributed by atoms with van der Waals surface area (Å²) in [5, 5.41) is 3.43. The normalized spacial score (nSPS) is 11.7. The molecule has 1 heterocycles. The molecule has 1 N–H and O–H groups in total. The number of nitrogens with zero attached hydrogens (tertiary/aromatic N) is 1. The van der Waals surface area contributed by atoms with Gasteiger partial charge in [-0.3, -0.25) is 9.78 Å². The van der Waals surface area contributed by atoms with Crippen LogP contribution in [0.5, 0.6) is 11.5 Å². The molecular weight excluding hydrogens is 412 g/mol. The molecule has 2 aromatic carbocycles. The average molecular weight is 439 g/mol. The van der Waals surface area contributed by atoms with Gasteiger partial charge < -0.3 is 14.8 Å². The van der Waals surface area contributed by atoms with Gasteiger partial charge in [-0.1, -0.05) is 36.7 Å². The van der Waals surface area contributed by atoms with Crippen LogP contribution in [0.15, 0.2) is 60.7 Å². The Morgan fingerprint density at radius 3 is 2.68 bits per heavy atom. The lowest BCUT2D eigenvalue weighted by Crippen LogP contribution is -2.16. The third kappa shape index (κ3) is 6.54. The van der Waals surface area contributed by atoms with E-state index in [0.717, 1.165) is 18.7 Å². The van der Waals surface area contributed by atoms with E-state index in [4.69, 9.17) is 21.1 Å². The number of hydrogen-bond donors (Lipinski definition) is 1. The molecule has 1 amide bonds. The molecule has 1 unspecified atom stereocenters. The van der Waals surface area contributed by atoms with Gasteiger partial charge in [-0.05, 0) is 56.7 Å². The number of anilines is 1. The van der Waals surface area contributed by atoms with Crippen LogP contribution in [-0.2, 0) is 11.2 Å². The molecule has 0 bridgehead atoms. The minimum atomic E-state index is -0.221. The van der Waals surface area contributed by atoms with E-state index in [-0.39, 0.29) is 12.0 Å². The molecule has 0 aliphatic heterocycles. The van der Waals surface area contributed by atoms with E-state index in [0.29, 0.717) is 39.9 Å². The van der Waals surface area contributed by atoms with Crippen molar-refractivity contribution in [1.29, 1.82) is 0 Å². The summed E-state index contributed by atoms with van der Waals surface area (Å²) in [6, 6.07) is 18.1. The highest BCUT2D eigenvalue weighted by molar-refractivity contribution is 6.32. The Balaban J connectivity index is 1.66. The number of benzene rings is 2. The van der Waals surface area contributed by atoms with E-state index in [1.165, 1.54) is 0 Å². The third-order valence-corrected chi connectivity index (χ3v) is 4.96. The molecule has 0 aliphatic rings. The fraction of sp³-hybridized carbons (Fsp3) is 0.280. The molecule has 0 aliphatic carbocycles. The summed E-state index contributed by atoms with van der Waals surface area (Å²) >= 11 is 6.16. The van der Waals surface area contributed by atoms with Gasteiger partial charge in [0.25, 0.3) is 5.91 Å². The Hall–Kier alpha value is -2.89. The highest BCUT2D eigenvalue weighted by atomic mass is 35.5. The molecule has 3 aromatic rings. The quantitative estimate of drug-likeness (QED) is 0.417. The number of hydrogen-bond acceptors (Lipinski definition) is 4. The van der Waals surface area contributed by atoms with E-state index in [1.807, 2.05) is 50.2 Å². The van der Waals surface area contributed by atoms with Crippen molar-refractivity contribution < 1.29 is 14.3 Å². The standard InChI is InChI=1S/C25H27ClN2O3/c1-4-14-30-17(2)15-20-12-13-22(18(3)27-20)25(29)28-19-8-7-9-21(16-19)31-24-11-6-5-10-23(24)26/h5-13,16-17H,4,14-15H2,1-3H3,(H,28,29). The van der Waals surface area contributed by atoms with Crippen LogP contribution in [0, 0.1) is 6.92 Å². The summed E-state index contributed by atoms with van der Waals surface area (Å²) in [4.78, 5) is 17.4. The second-order valence-corrected chi connectivity index (χ2v) is 7.74. The molecule has 0 spiro atoms. The van der Waals surface area contributed by atoms with Gasteiger partial charge in [-0.2, -0.15) is 0 Å².